The van der Waals surface area contributed by atoms with E-state index in [2.05, 4.69) is 30.3 Å². The maximum atomic E-state index is 13.4. The maximum absolute atomic E-state index is 13.4. The van der Waals surface area contributed by atoms with Gasteiger partial charge < -0.3 is 28.8 Å². The number of carbonyl (C=O) groups excluding carboxylic acids is 3. The molecule has 18 heteroatoms. The van der Waals surface area contributed by atoms with Crippen LogP contribution in [0.5, 0.6) is 0 Å². The third kappa shape index (κ3) is 8.07. The lowest BCUT2D eigenvalue weighted by Crippen LogP contribution is -2.54. The number of rotatable bonds is 12. The number of azide groups is 1. The topological polar surface area (TPSA) is 222 Å². The molecule has 252 valence electrons. The summed E-state index contributed by atoms with van der Waals surface area (Å²) >= 11 is 6.17. The van der Waals surface area contributed by atoms with E-state index in [-0.39, 0.29) is 41.9 Å². The summed E-state index contributed by atoms with van der Waals surface area (Å²) in [6, 6.07) is 7.37. The Bertz CT molecular complexity index is 1620. The molecule has 17 nitrogen and oxygen atoms in total. The summed E-state index contributed by atoms with van der Waals surface area (Å²) in [5, 5.41) is 17.2. The molecule has 0 aliphatic carbocycles. The van der Waals surface area contributed by atoms with E-state index in [0.29, 0.717) is 5.56 Å². The van der Waals surface area contributed by atoms with Gasteiger partial charge in [-0.25, -0.2) is 19.4 Å². The molecule has 2 aromatic heterocycles. The van der Waals surface area contributed by atoms with Crippen LogP contribution in [0.3, 0.4) is 0 Å². The van der Waals surface area contributed by atoms with Crippen LogP contribution in [0, 0.1) is 0 Å². The van der Waals surface area contributed by atoms with E-state index in [0.717, 1.165) is 0 Å². The Morgan fingerprint density at radius 3 is 2.38 bits per heavy atom. The quantitative estimate of drug-likeness (QED) is 0.0531. The van der Waals surface area contributed by atoms with E-state index in [9.17, 15) is 25.0 Å². The minimum Gasteiger partial charge on any atom is -0.463 e. The fraction of sp³-hybridized carbons (Fsp3) is 0.517. The number of nitrogens with zero attached hydrogens (tertiary/aromatic N) is 7. The van der Waals surface area contributed by atoms with Crippen molar-refractivity contribution in [3.8, 4) is 0 Å². The second-order valence-corrected chi connectivity index (χ2v) is 11.6. The summed E-state index contributed by atoms with van der Waals surface area (Å²) in [7, 11) is 0. The minimum atomic E-state index is -2.26. The molecule has 0 spiro atoms. The normalized spacial score (nSPS) is 19.6. The zero-order valence-corrected chi connectivity index (χ0v) is 27.1. The SMILES string of the molecule is CCOC(=O)C(Cc1ccccc1)(OC[C@H]1O[C@@H](n2cnc3c(NC(=O)OC(C)(C)C)nc(Cl)nc32)C(N=[N+]=[N-])[C@@H]1O)C(=O)OCC. The van der Waals surface area contributed by atoms with Crippen LogP contribution in [-0.4, -0.2) is 91.9 Å². The van der Waals surface area contributed by atoms with Crippen molar-refractivity contribution in [3.05, 3.63) is 57.9 Å². The predicted molar refractivity (Wildman–Crippen MR) is 165 cm³/mol. The summed E-state index contributed by atoms with van der Waals surface area (Å²) in [4.78, 5) is 54.5. The number of halogens is 1. The highest BCUT2D eigenvalue weighted by molar-refractivity contribution is 6.28. The molecule has 4 atom stereocenters. The first-order chi connectivity index (χ1) is 22.3. The van der Waals surface area contributed by atoms with E-state index < -0.39 is 60.3 Å². The summed E-state index contributed by atoms with van der Waals surface area (Å²) in [5.74, 6) is -2.05. The Labute approximate surface area is 274 Å². The number of ether oxygens (including phenoxy) is 5. The van der Waals surface area contributed by atoms with Gasteiger partial charge in [-0.05, 0) is 57.3 Å². The van der Waals surface area contributed by atoms with Gasteiger partial charge in [-0.1, -0.05) is 35.4 Å². The molecular weight excluding hydrogens is 640 g/mol. The third-order valence-corrected chi connectivity index (χ3v) is 6.98. The van der Waals surface area contributed by atoms with Gasteiger partial charge >= 0.3 is 18.0 Å². The Morgan fingerprint density at radius 2 is 1.79 bits per heavy atom. The molecule has 3 aromatic rings. The van der Waals surface area contributed by atoms with Crippen molar-refractivity contribution in [1.82, 2.24) is 19.5 Å². The fourth-order valence-electron chi connectivity index (χ4n) is 4.84. The van der Waals surface area contributed by atoms with E-state index in [1.54, 1.807) is 65.0 Å². The Morgan fingerprint density at radius 1 is 1.13 bits per heavy atom. The Balaban J connectivity index is 1.67. The number of fused-ring (bicyclic) bond motifs is 1. The number of carbonyl (C=O) groups is 3. The number of benzene rings is 1. The monoisotopic (exact) mass is 674 g/mol. The van der Waals surface area contributed by atoms with Gasteiger partial charge in [0.15, 0.2) is 17.0 Å². The molecular formula is C29H35ClN8O9. The van der Waals surface area contributed by atoms with Gasteiger partial charge in [-0.15, -0.1) is 0 Å². The van der Waals surface area contributed by atoms with Crippen LogP contribution in [-0.2, 0) is 39.7 Å². The number of hydrogen-bond donors (Lipinski definition) is 2. The number of aliphatic hydroxyl groups excluding tert-OH is 1. The van der Waals surface area contributed by atoms with Gasteiger partial charge in [0, 0.05) is 11.3 Å². The molecule has 1 amide bonds. The number of aliphatic hydroxyl groups is 1. The zero-order valence-electron chi connectivity index (χ0n) is 26.3. The first kappa shape index (κ1) is 35.3. The van der Waals surface area contributed by atoms with Crippen LogP contribution in [0.15, 0.2) is 41.8 Å². The van der Waals surface area contributed by atoms with Crippen molar-refractivity contribution in [3.63, 3.8) is 0 Å². The molecule has 3 heterocycles. The van der Waals surface area contributed by atoms with Crippen molar-refractivity contribution in [2.24, 2.45) is 5.11 Å². The van der Waals surface area contributed by atoms with Gasteiger partial charge in [-0.2, -0.15) is 9.97 Å². The zero-order chi connectivity index (χ0) is 34.4. The van der Waals surface area contributed by atoms with Gasteiger partial charge in [0.2, 0.25) is 5.28 Å². The number of esters is 2. The van der Waals surface area contributed by atoms with Crippen LogP contribution in [0.1, 0.15) is 46.4 Å². The van der Waals surface area contributed by atoms with Gasteiger partial charge in [0.05, 0.1) is 32.3 Å². The average molecular weight is 675 g/mol. The number of nitrogens with one attached hydrogen (secondary N) is 1. The van der Waals surface area contributed by atoms with Crippen LogP contribution in [0.2, 0.25) is 5.28 Å². The molecule has 1 unspecified atom stereocenters. The van der Waals surface area contributed by atoms with Crippen molar-refractivity contribution < 1.29 is 43.2 Å². The summed E-state index contributed by atoms with van der Waals surface area (Å²) in [6.45, 7) is 7.59. The Hall–Kier alpha value is -4.54. The van der Waals surface area contributed by atoms with Gasteiger partial charge in [0.25, 0.3) is 5.60 Å². The second-order valence-electron chi connectivity index (χ2n) is 11.3. The van der Waals surface area contributed by atoms with Crippen LogP contribution < -0.4 is 5.32 Å². The molecule has 0 bridgehead atoms. The first-order valence-corrected chi connectivity index (χ1v) is 15.0. The number of aromatic nitrogens is 4. The molecule has 1 saturated heterocycles. The van der Waals surface area contributed by atoms with Crippen molar-refractivity contribution in [2.75, 3.05) is 25.1 Å². The summed E-state index contributed by atoms with van der Waals surface area (Å²) in [6.07, 6.45) is -3.76. The fourth-order valence-corrected chi connectivity index (χ4v) is 5.01. The molecule has 2 N–H and O–H groups in total. The average Bonchev–Trinajstić information content (AvgIpc) is 3.55. The van der Waals surface area contributed by atoms with Crippen molar-refractivity contribution in [2.45, 2.75) is 76.7 Å². The second kappa shape index (κ2) is 14.9. The maximum Gasteiger partial charge on any atom is 0.413 e. The summed E-state index contributed by atoms with van der Waals surface area (Å²) < 4.78 is 29.2. The molecule has 0 saturated carbocycles. The molecule has 4 rings (SSSR count). The van der Waals surface area contributed by atoms with E-state index in [4.69, 9.17) is 35.3 Å². The molecule has 1 aliphatic rings. The van der Waals surface area contributed by atoms with Crippen molar-refractivity contribution >= 4 is 46.6 Å². The third-order valence-electron chi connectivity index (χ3n) is 6.81. The van der Waals surface area contributed by atoms with E-state index >= 15 is 0 Å². The van der Waals surface area contributed by atoms with E-state index in [1.807, 2.05) is 0 Å². The lowest BCUT2D eigenvalue weighted by atomic mass is 9.93. The minimum absolute atomic E-state index is 0.0510. The number of anilines is 1. The van der Waals surface area contributed by atoms with Crippen LogP contribution in [0.4, 0.5) is 10.6 Å². The highest BCUT2D eigenvalue weighted by Crippen LogP contribution is 2.36. The van der Waals surface area contributed by atoms with Crippen LogP contribution in [0.25, 0.3) is 21.6 Å². The Kier molecular flexibility index (Phi) is 11.2. The standard InChI is InChI=1S/C29H35ClN8O9/c1-6-43-24(40)29(25(41)44-7-2,13-16-11-9-8-10-12-16)45-14-17-20(39)18(36-37-31)23(46-17)38-15-32-19-21(33-26(30)35-22(19)38)34-27(42)47-28(3,4)5/h8-12,15,17-18,20,23,39H,6-7,13-14H2,1-5H3,(H,33,34,35,42)/t17-,18?,20-,23-/m1/s1. The van der Waals surface area contributed by atoms with Gasteiger partial charge in [0.1, 0.15) is 24.0 Å². The predicted octanol–water partition coefficient (Wildman–Crippen LogP) is 3.89. The number of amides is 1. The highest BCUT2D eigenvalue weighted by atomic mass is 35.5. The molecule has 1 aliphatic heterocycles. The lowest BCUT2D eigenvalue weighted by molar-refractivity contribution is -0.197. The molecule has 1 fully saturated rings. The molecule has 0 radical (unpaired) electrons. The number of hydrogen-bond acceptors (Lipinski definition) is 13. The van der Waals surface area contributed by atoms with Gasteiger partial charge in [-0.3, -0.25) is 9.88 Å². The largest absolute Gasteiger partial charge is 0.463 e. The lowest BCUT2D eigenvalue weighted by Gasteiger charge is -2.30. The van der Waals surface area contributed by atoms with E-state index in [1.165, 1.54) is 10.9 Å². The first-order valence-electron chi connectivity index (χ1n) is 14.6. The highest BCUT2D eigenvalue weighted by Gasteiger charge is 2.53. The van der Waals surface area contributed by atoms with Crippen molar-refractivity contribution in [1.29, 1.82) is 0 Å². The molecule has 1 aromatic carbocycles. The molecule has 47 heavy (non-hydrogen) atoms. The summed E-state index contributed by atoms with van der Waals surface area (Å²) in [5.41, 5.74) is 6.99. The van der Waals surface area contributed by atoms with Crippen LogP contribution >= 0.6 is 11.6 Å². The number of imidazole rings is 1. The smallest absolute Gasteiger partial charge is 0.413 e.